The molecule has 1 aliphatic rings. The van der Waals surface area contributed by atoms with Gasteiger partial charge in [0.1, 0.15) is 0 Å². The van der Waals surface area contributed by atoms with Gasteiger partial charge >= 0.3 is 71.1 Å². The van der Waals surface area contributed by atoms with Gasteiger partial charge in [0.15, 0.2) is 0 Å². The molecule has 0 spiro atoms. The molecule has 0 aromatic heterocycles. The van der Waals surface area contributed by atoms with E-state index in [0.717, 1.165) is 0 Å². The quantitative estimate of drug-likeness (QED) is 0.498. The van der Waals surface area contributed by atoms with Crippen LogP contribution in [0.25, 0.3) is 0 Å². The fraction of sp³-hybridized carbons (Fsp3) is 0.400. The molecule has 0 aromatic carbocycles. The minimum absolute atomic E-state index is 0. The molecule has 0 saturated heterocycles. The molecule has 0 atom stereocenters. The van der Waals surface area contributed by atoms with Crippen LogP contribution in [0.5, 0.6) is 0 Å². The van der Waals surface area contributed by atoms with Gasteiger partial charge in [-0.05, 0) is 11.5 Å². The number of aliphatic carboxylic acids is 2. The Kier molecular flexibility index (Phi) is 9.09. The first-order chi connectivity index (χ1) is 7.83. The molecule has 0 unspecified atom stereocenters. The first-order valence-corrected chi connectivity index (χ1v) is 6.88. The van der Waals surface area contributed by atoms with Crippen LogP contribution in [0.15, 0.2) is 21.3 Å². The molecule has 0 bridgehead atoms. The number of carboxylic acids is 2. The smallest absolute Gasteiger partial charge is 0.872 e. The zero-order chi connectivity index (χ0) is 13.4. The Balaban J connectivity index is 0. The van der Waals surface area contributed by atoms with E-state index < -0.39 is 43.3 Å². The third-order valence-corrected chi connectivity index (χ3v) is 7.03. The van der Waals surface area contributed by atoms with Crippen molar-refractivity contribution in [3.05, 3.63) is 21.3 Å². The average molecular weight is 306 g/mol. The maximum absolute atomic E-state index is 11.6. The van der Waals surface area contributed by atoms with Gasteiger partial charge in [-0.2, -0.15) is 10.0 Å². The van der Waals surface area contributed by atoms with E-state index in [9.17, 15) is 19.8 Å². The topological polar surface area (TPSA) is 121 Å². The van der Waals surface area contributed by atoms with Crippen molar-refractivity contribution in [3.63, 3.8) is 0 Å². The minimum Gasteiger partial charge on any atom is -0.872 e. The number of hydrogen-bond donors (Lipinski definition) is 2. The Morgan fingerprint density at radius 3 is 1.37 bits per heavy atom. The number of rotatable bonds is 4. The van der Waals surface area contributed by atoms with Gasteiger partial charge in [-0.1, -0.05) is 25.4 Å². The molecule has 6 nitrogen and oxygen atoms in total. The van der Waals surface area contributed by atoms with Crippen LogP contribution in [0.1, 0.15) is 13.8 Å². The van der Waals surface area contributed by atoms with Gasteiger partial charge in [0.2, 0.25) is 0 Å². The van der Waals surface area contributed by atoms with Crippen LogP contribution < -0.4 is 69.3 Å². The summed E-state index contributed by atoms with van der Waals surface area (Å²) in [6.07, 6.45) is 0. The summed E-state index contributed by atoms with van der Waals surface area (Å²) in [7, 11) is -2.48. The SMILES string of the molecule is CCS1(CC)C(C(=O)O)=C([O-])C([O-])=C1C(=O)O.[Na+].[Na+]. The molecule has 1 aliphatic heterocycles. The van der Waals surface area contributed by atoms with Crippen molar-refractivity contribution in [2.75, 3.05) is 11.5 Å². The van der Waals surface area contributed by atoms with E-state index >= 15 is 0 Å². The summed E-state index contributed by atoms with van der Waals surface area (Å²) in [4.78, 5) is 21.1. The van der Waals surface area contributed by atoms with E-state index in [4.69, 9.17) is 10.2 Å². The number of hydrogen-bond acceptors (Lipinski definition) is 4. The maximum atomic E-state index is 11.6. The molecule has 0 aliphatic carbocycles. The molecule has 96 valence electrons. The van der Waals surface area contributed by atoms with Crippen molar-refractivity contribution >= 4 is 22.0 Å². The zero-order valence-corrected chi connectivity index (χ0v) is 16.2. The molecule has 0 fully saturated rings. The van der Waals surface area contributed by atoms with E-state index in [1.54, 1.807) is 13.8 Å². The Morgan fingerprint density at radius 1 is 0.947 bits per heavy atom. The first kappa shape index (κ1) is 21.7. The van der Waals surface area contributed by atoms with Crippen molar-refractivity contribution in [1.82, 2.24) is 0 Å². The van der Waals surface area contributed by atoms with Gasteiger partial charge in [-0.3, -0.25) is 0 Å². The van der Waals surface area contributed by atoms with Crippen molar-refractivity contribution in [2.24, 2.45) is 0 Å². The fourth-order valence-electron chi connectivity index (χ4n) is 1.97. The van der Waals surface area contributed by atoms with E-state index in [1.165, 1.54) is 0 Å². The molecule has 0 aromatic rings. The van der Waals surface area contributed by atoms with Crippen LogP contribution >= 0.6 is 10.0 Å². The van der Waals surface area contributed by atoms with E-state index in [2.05, 4.69) is 0 Å². The molecule has 0 saturated carbocycles. The Morgan fingerprint density at radius 2 is 1.21 bits per heavy atom. The molecule has 0 amide bonds. The van der Waals surface area contributed by atoms with Crippen molar-refractivity contribution < 1.29 is 89.1 Å². The molecule has 1 rings (SSSR count). The Labute approximate surface area is 156 Å². The van der Waals surface area contributed by atoms with Gasteiger partial charge in [-0.15, -0.1) is 0 Å². The summed E-state index contributed by atoms with van der Waals surface area (Å²) < 4.78 is 0. The predicted octanol–water partition coefficient (Wildman–Crippen LogP) is -6.83. The third kappa shape index (κ3) is 3.34. The van der Waals surface area contributed by atoms with E-state index in [0.29, 0.717) is 0 Å². The standard InChI is InChI=1S/C10H14O6S.2Na/c1-3-17(4-2)7(9(13)14)5(11)6(12)8(17)10(15)16;;/h11-12H,3-4H2,1-2H3,(H,13,14)(H,15,16);;/q;2*+1/p-2. The van der Waals surface area contributed by atoms with Crippen LogP contribution in [0, 0.1) is 0 Å². The summed E-state index contributed by atoms with van der Waals surface area (Å²) in [5, 5.41) is 41.1. The van der Waals surface area contributed by atoms with Gasteiger partial charge in [0.25, 0.3) is 0 Å². The van der Waals surface area contributed by atoms with Crippen molar-refractivity contribution in [1.29, 1.82) is 0 Å². The molecule has 1 heterocycles. The zero-order valence-electron chi connectivity index (χ0n) is 11.3. The second kappa shape index (κ2) is 7.97. The minimum atomic E-state index is -2.48. The fourth-order valence-corrected chi connectivity index (χ4v) is 5.30. The monoisotopic (exact) mass is 306 g/mol. The van der Waals surface area contributed by atoms with E-state index in [1.807, 2.05) is 0 Å². The Bertz CT molecular complexity index is 415. The second-order valence-electron chi connectivity index (χ2n) is 3.39. The van der Waals surface area contributed by atoms with Gasteiger partial charge in [-0.25, -0.2) is 9.59 Å². The predicted molar refractivity (Wildman–Crippen MR) is 58.0 cm³/mol. The number of carbonyl (C=O) groups is 2. The summed E-state index contributed by atoms with van der Waals surface area (Å²) in [5.41, 5.74) is 0. The summed E-state index contributed by atoms with van der Waals surface area (Å²) in [6, 6.07) is 0. The van der Waals surface area contributed by atoms with Crippen molar-refractivity contribution in [2.45, 2.75) is 13.8 Å². The van der Waals surface area contributed by atoms with E-state index in [-0.39, 0.29) is 70.6 Å². The van der Waals surface area contributed by atoms with Crippen LogP contribution in [-0.4, -0.2) is 33.7 Å². The molecule has 2 N–H and O–H groups in total. The maximum Gasteiger partial charge on any atom is 1.00 e. The molecule has 9 heteroatoms. The molecule has 19 heavy (non-hydrogen) atoms. The van der Waals surface area contributed by atoms with Gasteiger partial charge in [0.05, 0.1) is 9.81 Å². The molecular weight excluding hydrogens is 294 g/mol. The Hall–Kier alpha value is 0.370. The first-order valence-electron chi connectivity index (χ1n) is 4.91. The van der Waals surface area contributed by atoms with Crippen LogP contribution in [0.4, 0.5) is 0 Å². The summed E-state index contributed by atoms with van der Waals surface area (Å²) in [6.45, 7) is 3.19. The van der Waals surface area contributed by atoms with Crippen LogP contribution in [0.2, 0.25) is 0 Å². The molecule has 0 radical (unpaired) electrons. The average Bonchev–Trinajstić information content (AvgIpc) is 2.48. The second-order valence-corrected chi connectivity index (χ2v) is 7.13. The van der Waals surface area contributed by atoms with Gasteiger partial charge in [0, 0.05) is 0 Å². The normalized spacial score (nSPS) is 18.4. The molecular formula is C10H12Na2O6S. The summed E-state index contributed by atoms with van der Waals surface area (Å²) >= 11 is 0. The van der Waals surface area contributed by atoms with Gasteiger partial charge < -0.3 is 20.4 Å². The van der Waals surface area contributed by atoms with Crippen LogP contribution in [0.3, 0.4) is 0 Å². The summed E-state index contributed by atoms with van der Waals surface area (Å²) in [5.74, 6) is -4.98. The van der Waals surface area contributed by atoms with Crippen LogP contribution in [-0.2, 0) is 9.59 Å². The largest absolute Gasteiger partial charge is 1.00 e. The number of carboxylic acid groups (broad SMARTS) is 2. The van der Waals surface area contributed by atoms with Crippen molar-refractivity contribution in [3.8, 4) is 0 Å². The third-order valence-electron chi connectivity index (χ3n) is 2.77.